The van der Waals surface area contributed by atoms with Gasteiger partial charge in [-0.15, -0.1) is 0 Å². The lowest BCUT2D eigenvalue weighted by molar-refractivity contribution is -0.00991. The van der Waals surface area contributed by atoms with E-state index in [1.165, 1.54) is 0 Å². The number of rotatable bonds is 2. The fourth-order valence-electron chi connectivity index (χ4n) is 2.05. The van der Waals surface area contributed by atoms with Crippen LogP contribution in [0.4, 0.5) is 0 Å². The predicted octanol–water partition coefficient (Wildman–Crippen LogP) is 1.56. The summed E-state index contributed by atoms with van der Waals surface area (Å²) in [6, 6.07) is 0. The van der Waals surface area contributed by atoms with Gasteiger partial charge >= 0.3 is 0 Å². The van der Waals surface area contributed by atoms with E-state index in [2.05, 4.69) is 0 Å². The molecule has 0 heterocycles. The molecular formula is C10H20O2. The van der Waals surface area contributed by atoms with Gasteiger partial charge in [-0.25, -0.2) is 0 Å². The molecule has 1 aliphatic carbocycles. The minimum absolute atomic E-state index is 0.318. The third-order valence-corrected chi connectivity index (χ3v) is 3.10. The highest BCUT2D eigenvalue weighted by molar-refractivity contribution is 4.82. The number of hydrogen-bond acceptors (Lipinski definition) is 2. The van der Waals surface area contributed by atoms with E-state index < -0.39 is 5.60 Å². The third-order valence-electron chi connectivity index (χ3n) is 3.10. The van der Waals surface area contributed by atoms with Gasteiger partial charge in [0.05, 0.1) is 5.60 Å². The van der Waals surface area contributed by atoms with Gasteiger partial charge < -0.3 is 10.2 Å². The Hall–Kier alpha value is -0.0800. The maximum atomic E-state index is 9.74. The largest absolute Gasteiger partial charge is 0.396 e. The van der Waals surface area contributed by atoms with Crippen molar-refractivity contribution in [3.05, 3.63) is 0 Å². The molecular weight excluding hydrogens is 152 g/mol. The molecule has 1 fully saturated rings. The molecule has 1 rings (SSSR count). The van der Waals surface area contributed by atoms with Crippen molar-refractivity contribution < 1.29 is 10.2 Å². The fraction of sp³-hybridized carbons (Fsp3) is 1.00. The van der Waals surface area contributed by atoms with E-state index in [0.717, 1.165) is 25.7 Å². The summed E-state index contributed by atoms with van der Waals surface area (Å²) in [5.74, 6) is 0.920. The average molecular weight is 172 g/mol. The second kappa shape index (κ2) is 3.75. The zero-order chi connectivity index (χ0) is 9.19. The Morgan fingerprint density at radius 1 is 1.17 bits per heavy atom. The summed E-state index contributed by atoms with van der Waals surface area (Å²) in [5, 5.41) is 18.7. The van der Waals surface area contributed by atoms with Gasteiger partial charge in [0.25, 0.3) is 0 Å². The first-order chi connectivity index (χ1) is 5.54. The lowest BCUT2D eigenvalue weighted by atomic mass is 9.75. The molecule has 0 radical (unpaired) electrons. The Balaban J connectivity index is 2.36. The summed E-state index contributed by atoms with van der Waals surface area (Å²) in [5.41, 5.74) is -0.527. The first-order valence-corrected chi connectivity index (χ1v) is 4.87. The van der Waals surface area contributed by atoms with Gasteiger partial charge in [0, 0.05) is 6.61 Å². The van der Waals surface area contributed by atoms with Crippen molar-refractivity contribution in [2.45, 2.75) is 45.1 Å². The third kappa shape index (κ3) is 2.46. The second-order valence-electron chi connectivity index (χ2n) is 4.55. The van der Waals surface area contributed by atoms with E-state index in [1.54, 1.807) is 0 Å². The van der Waals surface area contributed by atoms with Crippen LogP contribution >= 0.6 is 0 Å². The Labute approximate surface area is 74.6 Å². The molecule has 1 aliphatic rings. The molecule has 0 bridgehead atoms. The van der Waals surface area contributed by atoms with E-state index in [0.29, 0.717) is 18.4 Å². The number of aliphatic hydroxyl groups excluding tert-OH is 1. The fourth-order valence-corrected chi connectivity index (χ4v) is 2.05. The standard InChI is InChI=1S/C10H20O2/c1-10(2,12)9-5-3-8(7-11)4-6-9/h8-9,11-12H,3-7H2,1-2H3. The Bertz CT molecular complexity index is 129. The molecule has 0 aromatic rings. The number of aliphatic hydroxyl groups is 2. The molecule has 72 valence electrons. The van der Waals surface area contributed by atoms with Gasteiger partial charge in [-0.2, -0.15) is 0 Å². The predicted molar refractivity (Wildman–Crippen MR) is 48.8 cm³/mol. The van der Waals surface area contributed by atoms with Crippen molar-refractivity contribution in [3.8, 4) is 0 Å². The SMILES string of the molecule is CC(C)(O)C1CCC(CO)CC1. The lowest BCUT2D eigenvalue weighted by Gasteiger charge is -2.35. The first kappa shape index (κ1) is 10.0. The van der Waals surface area contributed by atoms with Gasteiger partial charge in [-0.05, 0) is 51.4 Å². The Morgan fingerprint density at radius 2 is 1.67 bits per heavy atom. The van der Waals surface area contributed by atoms with Gasteiger partial charge in [0.1, 0.15) is 0 Å². The zero-order valence-corrected chi connectivity index (χ0v) is 8.08. The van der Waals surface area contributed by atoms with Crippen LogP contribution in [0, 0.1) is 11.8 Å². The topological polar surface area (TPSA) is 40.5 Å². The molecule has 0 aromatic heterocycles. The van der Waals surface area contributed by atoms with E-state index in [-0.39, 0.29) is 0 Å². The molecule has 0 saturated heterocycles. The normalized spacial score (nSPS) is 32.0. The molecule has 0 unspecified atom stereocenters. The van der Waals surface area contributed by atoms with Crippen LogP contribution in [0.2, 0.25) is 0 Å². The summed E-state index contributed by atoms with van der Waals surface area (Å²) >= 11 is 0. The highest BCUT2D eigenvalue weighted by atomic mass is 16.3. The van der Waals surface area contributed by atoms with Crippen LogP contribution in [0.1, 0.15) is 39.5 Å². The molecule has 0 amide bonds. The molecule has 0 spiro atoms. The minimum atomic E-state index is -0.527. The monoisotopic (exact) mass is 172 g/mol. The summed E-state index contributed by atoms with van der Waals surface area (Å²) in [4.78, 5) is 0. The van der Waals surface area contributed by atoms with E-state index in [1.807, 2.05) is 13.8 Å². The maximum Gasteiger partial charge on any atom is 0.0619 e. The first-order valence-electron chi connectivity index (χ1n) is 4.87. The molecule has 12 heavy (non-hydrogen) atoms. The van der Waals surface area contributed by atoms with Crippen LogP contribution in [0.25, 0.3) is 0 Å². The molecule has 1 saturated carbocycles. The van der Waals surface area contributed by atoms with Crippen molar-refractivity contribution >= 4 is 0 Å². The van der Waals surface area contributed by atoms with Gasteiger partial charge in [0.15, 0.2) is 0 Å². The zero-order valence-electron chi connectivity index (χ0n) is 8.08. The Kier molecular flexibility index (Phi) is 3.13. The summed E-state index contributed by atoms with van der Waals surface area (Å²) in [6.07, 6.45) is 4.28. The molecule has 0 atom stereocenters. The summed E-state index contributed by atoms with van der Waals surface area (Å²) < 4.78 is 0. The highest BCUT2D eigenvalue weighted by Crippen LogP contribution is 2.34. The minimum Gasteiger partial charge on any atom is -0.396 e. The number of hydrogen-bond donors (Lipinski definition) is 2. The lowest BCUT2D eigenvalue weighted by Crippen LogP contribution is -2.34. The average Bonchev–Trinajstić information content (AvgIpc) is 2.03. The van der Waals surface area contributed by atoms with E-state index in [9.17, 15) is 5.11 Å². The molecule has 2 nitrogen and oxygen atoms in total. The van der Waals surface area contributed by atoms with Crippen LogP contribution in [-0.4, -0.2) is 22.4 Å². The van der Waals surface area contributed by atoms with Gasteiger partial charge in [0.2, 0.25) is 0 Å². The highest BCUT2D eigenvalue weighted by Gasteiger charge is 2.30. The van der Waals surface area contributed by atoms with Crippen molar-refractivity contribution in [1.82, 2.24) is 0 Å². The van der Waals surface area contributed by atoms with Crippen LogP contribution < -0.4 is 0 Å². The van der Waals surface area contributed by atoms with Crippen molar-refractivity contribution in [3.63, 3.8) is 0 Å². The molecule has 2 N–H and O–H groups in total. The van der Waals surface area contributed by atoms with E-state index in [4.69, 9.17) is 5.11 Å². The van der Waals surface area contributed by atoms with E-state index >= 15 is 0 Å². The van der Waals surface area contributed by atoms with Gasteiger partial charge in [-0.1, -0.05) is 0 Å². The maximum absolute atomic E-state index is 9.74. The smallest absolute Gasteiger partial charge is 0.0619 e. The van der Waals surface area contributed by atoms with Crippen molar-refractivity contribution in [2.75, 3.05) is 6.61 Å². The Morgan fingerprint density at radius 3 is 2.00 bits per heavy atom. The summed E-state index contributed by atoms with van der Waals surface area (Å²) in [6.45, 7) is 4.09. The quantitative estimate of drug-likeness (QED) is 0.663. The van der Waals surface area contributed by atoms with Gasteiger partial charge in [-0.3, -0.25) is 0 Å². The van der Waals surface area contributed by atoms with Crippen LogP contribution in [0.5, 0.6) is 0 Å². The summed E-state index contributed by atoms with van der Waals surface area (Å²) in [7, 11) is 0. The molecule has 2 heteroatoms. The van der Waals surface area contributed by atoms with Crippen molar-refractivity contribution in [1.29, 1.82) is 0 Å². The van der Waals surface area contributed by atoms with Crippen molar-refractivity contribution in [2.24, 2.45) is 11.8 Å². The van der Waals surface area contributed by atoms with Crippen LogP contribution in [0.15, 0.2) is 0 Å². The van der Waals surface area contributed by atoms with Crippen LogP contribution in [-0.2, 0) is 0 Å². The molecule has 0 aromatic carbocycles. The van der Waals surface area contributed by atoms with Crippen LogP contribution in [0.3, 0.4) is 0 Å². The molecule has 0 aliphatic heterocycles. The second-order valence-corrected chi connectivity index (χ2v) is 4.55.